The van der Waals surface area contributed by atoms with Crippen molar-refractivity contribution in [3.63, 3.8) is 0 Å². The summed E-state index contributed by atoms with van der Waals surface area (Å²) >= 11 is 1.52. The molecule has 0 atom stereocenters. The molecule has 12 heavy (non-hydrogen) atoms. The van der Waals surface area contributed by atoms with E-state index in [4.69, 9.17) is 0 Å². The lowest BCUT2D eigenvalue weighted by Gasteiger charge is -1.99. The molecule has 0 bridgehead atoms. The van der Waals surface area contributed by atoms with Crippen LogP contribution in [0.25, 0.3) is 0 Å². The smallest absolute Gasteiger partial charge is 0.228 e. The average molecular weight is 182 g/mol. The highest BCUT2D eigenvalue weighted by atomic mass is 32.2. The van der Waals surface area contributed by atoms with Crippen LogP contribution in [0.5, 0.6) is 5.88 Å². The molecule has 0 amide bonds. The van der Waals surface area contributed by atoms with Gasteiger partial charge >= 0.3 is 0 Å². The number of hydrogen-bond acceptors (Lipinski definition) is 5. The van der Waals surface area contributed by atoms with Crippen molar-refractivity contribution in [2.75, 3.05) is 5.75 Å². The van der Waals surface area contributed by atoms with Gasteiger partial charge in [-0.25, -0.2) is 4.98 Å². The molecule has 1 aromatic heterocycles. The Labute approximate surface area is 73.0 Å². The van der Waals surface area contributed by atoms with Crippen LogP contribution in [0, 0.1) is 0 Å². The van der Waals surface area contributed by atoms with Gasteiger partial charge in [-0.15, -0.1) is 11.8 Å². The topological polar surface area (TPSA) is 63.1 Å². The van der Waals surface area contributed by atoms with Crippen LogP contribution in [0.15, 0.2) is 4.90 Å². The molecule has 0 spiro atoms. The number of hydrogen-bond donors (Lipinski definition) is 1. The minimum absolute atomic E-state index is 0.0637. The molecule has 0 fully saturated rings. The van der Waals surface area contributed by atoms with Crippen LogP contribution in [0.4, 0.5) is 0 Å². The summed E-state index contributed by atoms with van der Waals surface area (Å²) in [6.45, 7) is 0. The molecular formula is C7H6N2O2S. The molecule has 0 aliphatic carbocycles. The molecule has 5 heteroatoms. The SMILES string of the molecule is O=Cc1nc(O)c2c(n1)CCS2. The molecule has 1 aliphatic rings. The zero-order valence-corrected chi connectivity index (χ0v) is 6.97. The van der Waals surface area contributed by atoms with Crippen LogP contribution in [-0.2, 0) is 6.42 Å². The normalized spacial score (nSPS) is 14.3. The summed E-state index contributed by atoms with van der Waals surface area (Å²) in [6, 6.07) is 0. The monoisotopic (exact) mass is 182 g/mol. The Morgan fingerprint density at radius 3 is 3.08 bits per heavy atom. The second-order valence-electron chi connectivity index (χ2n) is 2.40. The molecule has 0 radical (unpaired) electrons. The highest BCUT2D eigenvalue weighted by molar-refractivity contribution is 7.99. The Hall–Kier alpha value is -1.10. The largest absolute Gasteiger partial charge is 0.492 e. The quantitative estimate of drug-likeness (QED) is 0.646. The number of aryl methyl sites for hydroxylation is 1. The minimum Gasteiger partial charge on any atom is -0.492 e. The molecule has 1 N–H and O–H groups in total. The van der Waals surface area contributed by atoms with E-state index in [1.54, 1.807) is 0 Å². The van der Waals surface area contributed by atoms with E-state index >= 15 is 0 Å². The highest BCUT2D eigenvalue weighted by Crippen LogP contribution is 2.35. The van der Waals surface area contributed by atoms with Gasteiger partial charge in [-0.2, -0.15) is 4.98 Å². The number of nitrogens with zero attached hydrogens (tertiary/aromatic N) is 2. The Morgan fingerprint density at radius 1 is 1.50 bits per heavy atom. The fourth-order valence-corrected chi connectivity index (χ4v) is 2.11. The van der Waals surface area contributed by atoms with Crippen LogP contribution >= 0.6 is 11.8 Å². The van der Waals surface area contributed by atoms with Crippen LogP contribution in [0.2, 0.25) is 0 Å². The Balaban J connectivity index is 2.58. The fraction of sp³-hybridized carbons (Fsp3) is 0.286. The van der Waals surface area contributed by atoms with Crippen molar-refractivity contribution in [1.82, 2.24) is 9.97 Å². The van der Waals surface area contributed by atoms with E-state index in [0.717, 1.165) is 22.8 Å². The number of aromatic nitrogens is 2. The maximum atomic E-state index is 10.3. The van der Waals surface area contributed by atoms with Gasteiger partial charge in [0.15, 0.2) is 12.1 Å². The summed E-state index contributed by atoms with van der Waals surface area (Å²) in [6.07, 6.45) is 1.35. The summed E-state index contributed by atoms with van der Waals surface area (Å²) < 4.78 is 0. The molecule has 2 heterocycles. The van der Waals surface area contributed by atoms with Crippen molar-refractivity contribution in [2.24, 2.45) is 0 Å². The van der Waals surface area contributed by atoms with Crippen molar-refractivity contribution in [2.45, 2.75) is 11.3 Å². The molecular weight excluding hydrogens is 176 g/mol. The third-order valence-corrected chi connectivity index (χ3v) is 2.74. The van der Waals surface area contributed by atoms with E-state index in [1.807, 2.05) is 0 Å². The number of carbonyl (C=O) groups excluding carboxylic acids is 1. The van der Waals surface area contributed by atoms with Crippen LogP contribution in [0.1, 0.15) is 16.3 Å². The minimum atomic E-state index is -0.0652. The summed E-state index contributed by atoms with van der Waals surface area (Å²) in [5.41, 5.74) is 0.787. The number of aldehydes is 1. The van der Waals surface area contributed by atoms with E-state index < -0.39 is 0 Å². The van der Waals surface area contributed by atoms with Gasteiger partial charge in [0.25, 0.3) is 0 Å². The predicted octanol–water partition coefficient (Wildman–Crippen LogP) is 0.643. The van der Waals surface area contributed by atoms with Gasteiger partial charge < -0.3 is 5.11 Å². The van der Waals surface area contributed by atoms with Crippen LogP contribution in [0.3, 0.4) is 0 Å². The third kappa shape index (κ3) is 1.06. The van der Waals surface area contributed by atoms with E-state index in [9.17, 15) is 9.90 Å². The van der Waals surface area contributed by atoms with Gasteiger partial charge in [-0.3, -0.25) is 4.79 Å². The molecule has 0 saturated heterocycles. The van der Waals surface area contributed by atoms with Gasteiger partial charge in [-0.1, -0.05) is 0 Å². The van der Waals surface area contributed by atoms with Gasteiger partial charge in [0.05, 0.1) is 10.6 Å². The molecule has 1 aliphatic heterocycles. The van der Waals surface area contributed by atoms with Gasteiger partial charge in [0.2, 0.25) is 5.88 Å². The summed E-state index contributed by atoms with van der Waals surface area (Å²) in [5, 5.41) is 9.31. The molecule has 4 nitrogen and oxygen atoms in total. The second kappa shape index (κ2) is 2.75. The zero-order valence-electron chi connectivity index (χ0n) is 6.15. The molecule has 2 rings (SSSR count). The van der Waals surface area contributed by atoms with Crippen LogP contribution in [-0.4, -0.2) is 27.1 Å². The standard InChI is InChI=1S/C7H6N2O2S/c10-3-5-8-4-1-2-12-6(4)7(11)9-5/h3H,1-2H2,(H,8,9,11). The predicted molar refractivity (Wildman–Crippen MR) is 43.5 cm³/mol. The van der Waals surface area contributed by atoms with Gasteiger partial charge in [-0.05, 0) is 0 Å². The second-order valence-corrected chi connectivity index (χ2v) is 3.50. The lowest BCUT2D eigenvalue weighted by molar-refractivity contribution is 0.111. The maximum absolute atomic E-state index is 10.3. The zero-order chi connectivity index (χ0) is 8.55. The summed E-state index contributed by atoms with van der Waals surface area (Å²) in [4.78, 5) is 18.6. The molecule has 0 aromatic carbocycles. The first-order valence-electron chi connectivity index (χ1n) is 3.49. The van der Waals surface area contributed by atoms with Crippen molar-refractivity contribution in [3.05, 3.63) is 11.5 Å². The van der Waals surface area contributed by atoms with Gasteiger partial charge in [0, 0.05) is 12.2 Å². The highest BCUT2D eigenvalue weighted by Gasteiger charge is 2.19. The van der Waals surface area contributed by atoms with Crippen molar-refractivity contribution < 1.29 is 9.90 Å². The Kier molecular flexibility index (Phi) is 1.73. The van der Waals surface area contributed by atoms with Crippen molar-refractivity contribution >= 4 is 18.0 Å². The summed E-state index contributed by atoms with van der Waals surface area (Å²) in [7, 11) is 0. The summed E-state index contributed by atoms with van der Waals surface area (Å²) in [5.74, 6) is 0.901. The molecule has 1 aromatic rings. The molecule has 0 saturated carbocycles. The molecule has 0 unspecified atom stereocenters. The number of fused-ring (bicyclic) bond motifs is 1. The number of thioether (sulfide) groups is 1. The lowest BCUT2D eigenvalue weighted by Crippen LogP contribution is -1.97. The van der Waals surface area contributed by atoms with E-state index in [1.165, 1.54) is 11.8 Å². The van der Waals surface area contributed by atoms with E-state index in [-0.39, 0.29) is 11.7 Å². The van der Waals surface area contributed by atoms with E-state index in [2.05, 4.69) is 9.97 Å². The number of aromatic hydroxyl groups is 1. The Bertz CT molecular complexity index is 340. The maximum Gasteiger partial charge on any atom is 0.228 e. The number of carbonyl (C=O) groups is 1. The van der Waals surface area contributed by atoms with Gasteiger partial charge in [0.1, 0.15) is 0 Å². The lowest BCUT2D eigenvalue weighted by atomic mass is 10.3. The van der Waals surface area contributed by atoms with E-state index in [0.29, 0.717) is 6.29 Å². The van der Waals surface area contributed by atoms with Crippen LogP contribution < -0.4 is 0 Å². The Morgan fingerprint density at radius 2 is 2.33 bits per heavy atom. The molecule has 62 valence electrons. The third-order valence-electron chi connectivity index (χ3n) is 1.63. The average Bonchev–Trinajstić information content (AvgIpc) is 2.52. The van der Waals surface area contributed by atoms with Crippen molar-refractivity contribution in [3.8, 4) is 5.88 Å². The fourth-order valence-electron chi connectivity index (χ4n) is 1.12. The van der Waals surface area contributed by atoms with Crippen molar-refractivity contribution in [1.29, 1.82) is 0 Å². The first kappa shape index (κ1) is 7.54. The first-order valence-corrected chi connectivity index (χ1v) is 4.47. The first-order chi connectivity index (χ1) is 5.81. The number of rotatable bonds is 1.